The van der Waals surface area contributed by atoms with E-state index in [0.29, 0.717) is 23.8 Å². The molecular weight excluding hydrogens is 376 g/mol. The Bertz CT molecular complexity index is 713. The summed E-state index contributed by atoms with van der Waals surface area (Å²) in [5, 5.41) is 8.44. The molecule has 1 fully saturated rings. The molecule has 2 rings (SSSR count). The molecule has 154 valence electrons. The van der Waals surface area contributed by atoms with Crippen LogP contribution < -0.4 is 25.4 Å². The Morgan fingerprint density at radius 2 is 2.14 bits per heavy atom. The fourth-order valence-electron chi connectivity index (χ4n) is 2.49. The zero-order valence-corrected chi connectivity index (χ0v) is 15.6. The van der Waals surface area contributed by atoms with Crippen molar-refractivity contribution in [3.8, 4) is 11.5 Å². The maximum atomic E-state index is 12.6. The summed E-state index contributed by atoms with van der Waals surface area (Å²) in [6.07, 6.45) is 0. The van der Waals surface area contributed by atoms with Crippen molar-refractivity contribution in [2.24, 2.45) is 4.99 Å². The highest BCUT2D eigenvalue weighted by Crippen LogP contribution is 2.26. The first kappa shape index (κ1) is 21.2. The maximum absolute atomic E-state index is 12.6. The Morgan fingerprint density at radius 1 is 1.36 bits per heavy atom. The van der Waals surface area contributed by atoms with Crippen LogP contribution in [0.2, 0.25) is 0 Å². The second kappa shape index (κ2) is 10.3. The molecule has 1 aromatic rings. The lowest BCUT2D eigenvalue weighted by Gasteiger charge is -2.16. The lowest BCUT2D eigenvalue weighted by Crippen LogP contribution is -2.43. The summed E-state index contributed by atoms with van der Waals surface area (Å²) in [6.45, 7) is -0.0177. The smallest absolute Gasteiger partial charge is 0.387 e. The predicted octanol–water partition coefficient (Wildman–Crippen LogP) is 0.904. The molecule has 0 aromatic heterocycles. The van der Waals surface area contributed by atoms with Gasteiger partial charge in [-0.1, -0.05) is 0 Å². The average molecular weight is 399 g/mol. The quantitative estimate of drug-likeness (QED) is 0.324. The van der Waals surface area contributed by atoms with E-state index in [1.54, 1.807) is 6.07 Å². The maximum Gasteiger partial charge on any atom is 0.387 e. The van der Waals surface area contributed by atoms with Crippen molar-refractivity contribution in [2.45, 2.75) is 20.1 Å². The number of rotatable bonds is 9. The van der Waals surface area contributed by atoms with Crippen LogP contribution >= 0.6 is 0 Å². The molecule has 9 nitrogen and oxygen atoms in total. The number of urea groups is 1. The van der Waals surface area contributed by atoms with Crippen molar-refractivity contribution in [2.75, 3.05) is 33.3 Å². The van der Waals surface area contributed by atoms with E-state index in [2.05, 4.69) is 25.7 Å². The number of alkyl halides is 2. The van der Waals surface area contributed by atoms with Crippen LogP contribution in [-0.2, 0) is 11.3 Å². The van der Waals surface area contributed by atoms with Gasteiger partial charge in [0.1, 0.15) is 11.5 Å². The largest absolute Gasteiger partial charge is 0.497 e. The highest BCUT2D eigenvalue weighted by Gasteiger charge is 2.27. The van der Waals surface area contributed by atoms with E-state index in [9.17, 15) is 18.4 Å². The zero-order valence-electron chi connectivity index (χ0n) is 15.6. The van der Waals surface area contributed by atoms with Gasteiger partial charge in [-0.25, -0.2) is 9.79 Å². The van der Waals surface area contributed by atoms with Crippen molar-refractivity contribution in [3.63, 3.8) is 0 Å². The normalized spacial score (nSPS) is 14.3. The number of guanidine groups is 1. The molecule has 0 aliphatic carbocycles. The van der Waals surface area contributed by atoms with Crippen LogP contribution in [0.25, 0.3) is 0 Å². The van der Waals surface area contributed by atoms with Gasteiger partial charge in [-0.05, 0) is 25.1 Å². The Hall–Kier alpha value is -3.11. The summed E-state index contributed by atoms with van der Waals surface area (Å²) in [5.41, 5.74) is 0.422. The Morgan fingerprint density at radius 3 is 2.75 bits per heavy atom. The molecule has 0 spiro atoms. The van der Waals surface area contributed by atoms with Crippen LogP contribution in [-0.4, -0.2) is 62.7 Å². The standard InChI is InChI=1S/C17H23F2N5O4/c1-3-20-16(21-6-7-24-14(25)10-23-17(24)26)22-9-11-8-12(27-2)4-5-13(11)28-15(18)19/h4-5,8,15H,3,6-7,9-10H2,1-2H3,(H,23,26)(H2,20,21,22). The molecule has 28 heavy (non-hydrogen) atoms. The summed E-state index contributed by atoms with van der Waals surface area (Å²) < 4.78 is 34.8. The lowest BCUT2D eigenvalue weighted by atomic mass is 10.2. The molecule has 0 bridgehead atoms. The average Bonchev–Trinajstić information content (AvgIpc) is 2.98. The molecule has 0 radical (unpaired) electrons. The van der Waals surface area contributed by atoms with Crippen molar-refractivity contribution >= 4 is 17.9 Å². The molecule has 1 aromatic carbocycles. The molecule has 0 saturated carbocycles. The number of nitrogens with one attached hydrogen (secondary N) is 3. The van der Waals surface area contributed by atoms with Crippen LogP contribution in [0.5, 0.6) is 11.5 Å². The van der Waals surface area contributed by atoms with E-state index in [-0.39, 0.29) is 37.8 Å². The highest BCUT2D eigenvalue weighted by atomic mass is 19.3. The molecule has 3 N–H and O–H groups in total. The van der Waals surface area contributed by atoms with Crippen LogP contribution in [0.1, 0.15) is 12.5 Å². The molecule has 1 saturated heterocycles. The Kier molecular flexibility index (Phi) is 7.78. The van der Waals surface area contributed by atoms with Crippen LogP contribution in [0, 0.1) is 0 Å². The van der Waals surface area contributed by atoms with E-state index in [1.165, 1.54) is 19.2 Å². The number of imide groups is 1. The van der Waals surface area contributed by atoms with E-state index < -0.39 is 12.6 Å². The third-order valence-electron chi connectivity index (χ3n) is 3.80. The minimum absolute atomic E-state index is 0.00422. The molecule has 3 amide bonds. The number of amides is 3. The van der Waals surface area contributed by atoms with Gasteiger partial charge in [-0.3, -0.25) is 9.69 Å². The SMILES string of the molecule is CCNC(=NCc1cc(OC)ccc1OC(F)F)NCCN1C(=O)CNC1=O. The van der Waals surface area contributed by atoms with Crippen molar-refractivity contribution in [3.05, 3.63) is 23.8 Å². The minimum atomic E-state index is -2.95. The van der Waals surface area contributed by atoms with E-state index in [0.717, 1.165) is 4.90 Å². The van der Waals surface area contributed by atoms with E-state index in [1.807, 2.05) is 6.92 Å². The van der Waals surface area contributed by atoms with Crippen molar-refractivity contribution in [1.29, 1.82) is 0 Å². The summed E-state index contributed by atoms with van der Waals surface area (Å²) in [7, 11) is 1.47. The number of hydrogen-bond acceptors (Lipinski definition) is 5. The summed E-state index contributed by atoms with van der Waals surface area (Å²) >= 11 is 0. The monoisotopic (exact) mass is 399 g/mol. The number of carbonyl (C=O) groups excluding carboxylic acids is 2. The summed E-state index contributed by atoms with van der Waals surface area (Å²) in [6, 6.07) is 4.05. The van der Waals surface area contributed by atoms with Crippen molar-refractivity contribution < 1.29 is 27.8 Å². The summed E-state index contributed by atoms with van der Waals surface area (Å²) in [4.78, 5) is 28.5. The number of ether oxygens (including phenoxy) is 2. The number of aliphatic imine (C=N–C) groups is 1. The molecule has 0 atom stereocenters. The van der Waals surface area contributed by atoms with Gasteiger partial charge in [-0.15, -0.1) is 0 Å². The lowest BCUT2D eigenvalue weighted by molar-refractivity contribution is -0.124. The number of halogens is 2. The number of hydrogen-bond donors (Lipinski definition) is 3. The van der Waals surface area contributed by atoms with Gasteiger partial charge >= 0.3 is 12.6 Å². The Labute approximate surface area is 161 Å². The summed E-state index contributed by atoms with van der Waals surface area (Å²) in [5.74, 6) is 0.609. The first-order chi connectivity index (χ1) is 13.4. The van der Waals surface area contributed by atoms with Crippen LogP contribution in [0.3, 0.4) is 0 Å². The van der Waals surface area contributed by atoms with Gasteiger partial charge in [-0.2, -0.15) is 8.78 Å². The highest BCUT2D eigenvalue weighted by molar-refractivity contribution is 6.01. The molecule has 1 aliphatic heterocycles. The second-order valence-corrected chi connectivity index (χ2v) is 5.68. The molecule has 11 heteroatoms. The number of methoxy groups -OCH3 is 1. The topological polar surface area (TPSA) is 104 Å². The fourth-order valence-corrected chi connectivity index (χ4v) is 2.49. The molecule has 1 aliphatic rings. The third-order valence-corrected chi connectivity index (χ3v) is 3.80. The number of nitrogens with zero attached hydrogens (tertiary/aromatic N) is 2. The predicted molar refractivity (Wildman–Crippen MR) is 97.6 cm³/mol. The number of carbonyl (C=O) groups is 2. The van der Waals surface area contributed by atoms with Gasteiger partial charge in [0.2, 0.25) is 5.91 Å². The van der Waals surface area contributed by atoms with Crippen molar-refractivity contribution in [1.82, 2.24) is 20.9 Å². The molecule has 0 unspecified atom stereocenters. The Balaban J connectivity index is 2.03. The van der Waals surface area contributed by atoms with Gasteiger partial charge in [0.25, 0.3) is 0 Å². The van der Waals surface area contributed by atoms with Gasteiger partial charge in [0, 0.05) is 25.2 Å². The first-order valence-corrected chi connectivity index (χ1v) is 8.66. The minimum Gasteiger partial charge on any atom is -0.497 e. The fraction of sp³-hybridized carbons (Fsp3) is 0.471. The zero-order chi connectivity index (χ0) is 20.5. The molecular formula is C17H23F2N5O4. The second-order valence-electron chi connectivity index (χ2n) is 5.68. The van der Waals surface area contributed by atoms with Gasteiger partial charge in [0.15, 0.2) is 5.96 Å². The number of benzene rings is 1. The molecule has 1 heterocycles. The van der Waals surface area contributed by atoms with Crippen LogP contribution in [0.15, 0.2) is 23.2 Å². The van der Waals surface area contributed by atoms with Gasteiger partial charge < -0.3 is 25.4 Å². The first-order valence-electron chi connectivity index (χ1n) is 8.66. The van der Waals surface area contributed by atoms with E-state index >= 15 is 0 Å². The van der Waals surface area contributed by atoms with Crippen LogP contribution in [0.4, 0.5) is 13.6 Å². The van der Waals surface area contributed by atoms with E-state index in [4.69, 9.17) is 4.74 Å². The third kappa shape index (κ3) is 5.96. The van der Waals surface area contributed by atoms with Gasteiger partial charge in [0.05, 0.1) is 20.2 Å².